The quantitative estimate of drug-likeness (QED) is 0.679. The van der Waals surface area contributed by atoms with Crippen molar-refractivity contribution in [2.75, 3.05) is 26.4 Å². The third kappa shape index (κ3) is 4.76. The summed E-state index contributed by atoms with van der Waals surface area (Å²) < 4.78 is 10.7. The Morgan fingerprint density at radius 1 is 1.47 bits per heavy atom. The predicted molar refractivity (Wildman–Crippen MR) is 58.8 cm³/mol. The van der Waals surface area contributed by atoms with Crippen LogP contribution in [0, 0.1) is 11.8 Å². The number of hydrogen-bond donors (Lipinski definition) is 0. The van der Waals surface area contributed by atoms with E-state index in [1.54, 1.807) is 0 Å². The Labute approximate surface area is 92.1 Å². The largest absolute Gasteiger partial charge is 0.381 e. The average molecular weight is 214 g/mol. The molecule has 0 radical (unpaired) electrons. The van der Waals surface area contributed by atoms with Crippen LogP contribution in [0.2, 0.25) is 0 Å². The fourth-order valence-corrected chi connectivity index (χ4v) is 1.61. The van der Waals surface area contributed by atoms with Crippen molar-refractivity contribution in [2.45, 2.75) is 33.1 Å². The molecular formula is C12H22O3. The molecule has 0 spiro atoms. The second kappa shape index (κ2) is 6.96. The van der Waals surface area contributed by atoms with E-state index in [0.29, 0.717) is 12.5 Å². The molecule has 3 nitrogen and oxygen atoms in total. The van der Waals surface area contributed by atoms with Crippen LogP contribution in [0.3, 0.4) is 0 Å². The van der Waals surface area contributed by atoms with E-state index < -0.39 is 0 Å². The molecule has 1 heterocycles. The monoisotopic (exact) mass is 214 g/mol. The van der Waals surface area contributed by atoms with Crippen molar-refractivity contribution < 1.29 is 14.3 Å². The molecule has 1 fully saturated rings. The summed E-state index contributed by atoms with van der Waals surface area (Å²) in [5.74, 6) is 0.952. The summed E-state index contributed by atoms with van der Waals surface area (Å²) in [6.07, 6.45) is 3.04. The van der Waals surface area contributed by atoms with Gasteiger partial charge in [-0.05, 0) is 25.2 Å². The molecule has 0 aromatic carbocycles. The van der Waals surface area contributed by atoms with Crippen LogP contribution < -0.4 is 0 Å². The Morgan fingerprint density at radius 3 is 2.73 bits per heavy atom. The van der Waals surface area contributed by atoms with E-state index in [0.717, 1.165) is 32.5 Å². The number of carbonyl (C=O) groups excluding carboxylic acids is 1. The van der Waals surface area contributed by atoms with Crippen molar-refractivity contribution in [3.8, 4) is 0 Å². The summed E-state index contributed by atoms with van der Waals surface area (Å²) in [4.78, 5) is 11.5. The van der Waals surface area contributed by atoms with E-state index in [4.69, 9.17) is 9.47 Å². The highest BCUT2D eigenvalue weighted by molar-refractivity contribution is 5.81. The standard InChI is InChI=1S/C12H22O3/c1-3-10(2)12(13)9-15-8-11-4-6-14-7-5-11/h10-11H,3-9H2,1-2H3. The summed E-state index contributed by atoms with van der Waals surface area (Å²) in [6.45, 7) is 6.67. The zero-order chi connectivity index (χ0) is 11.1. The lowest BCUT2D eigenvalue weighted by molar-refractivity contribution is -0.127. The normalized spacial score (nSPS) is 20.1. The number of ether oxygens (including phenoxy) is 2. The lowest BCUT2D eigenvalue weighted by Gasteiger charge is -2.21. The summed E-state index contributed by atoms with van der Waals surface area (Å²) >= 11 is 0. The molecular weight excluding hydrogens is 192 g/mol. The van der Waals surface area contributed by atoms with Crippen LogP contribution in [0.1, 0.15) is 33.1 Å². The van der Waals surface area contributed by atoms with Gasteiger partial charge in [-0.2, -0.15) is 0 Å². The van der Waals surface area contributed by atoms with Crippen molar-refractivity contribution in [1.82, 2.24) is 0 Å². The molecule has 3 heteroatoms. The van der Waals surface area contributed by atoms with E-state index in [2.05, 4.69) is 0 Å². The molecule has 15 heavy (non-hydrogen) atoms. The van der Waals surface area contributed by atoms with Gasteiger partial charge in [0.2, 0.25) is 0 Å². The van der Waals surface area contributed by atoms with Crippen LogP contribution in [0.5, 0.6) is 0 Å². The molecule has 1 saturated heterocycles. The number of rotatable bonds is 6. The minimum atomic E-state index is 0.139. The van der Waals surface area contributed by atoms with E-state index in [9.17, 15) is 4.79 Å². The molecule has 0 aromatic heterocycles. The fraction of sp³-hybridized carbons (Fsp3) is 0.917. The van der Waals surface area contributed by atoms with Gasteiger partial charge >= 0.3 is 0 Å². The van der Waals surface area contributed by atoms with Crippen LogP contribution in [0.4, 0.5) is 0 Å². The SMILES string of the molecule is CCC(C)C(=O)COCC1CCOCC1. The zero-order valence-corrected chi connectivity index (χ0v) is 9.83. The summed E-state index contributed by atoms with van der Waals surface area (Å²) in [5.41, 5.74) is 0. The second-order valence-corrected chi connectivity index (χ2v) is 4.35. The average Bonchev–Trinajstić information content (AvgIpc) is 2.29. The van der Waals surface area contributed by atoms with E-state index >= 15 is 0 Å². The Hall–Kier alpha value is -0.410. The van der Waals surface area contributed by atoms with Gasteiger partial charge in [0.1, 0.15) is 6.61 Å². The first-order valence-electron chi connectivity index (χ1n) is 5.92. The maximum atomic E-state index is 11.5. The molecule has 1 rings (SSSR count). The minimum Gasteiger partial charge on any atom is -0.381 e. The second-order valence-electron chi connectivity index (χ2n) is 4.35. The molecule has 1 aliphatic heterocycles. The molecule has 0 aliphatic carbocycles. The fourth-order valence-electron chi connectivity index (χ4n) is 1.61. The number of carbonyl (C=O) groups is 1. The van der Waals surface area contributed by atoms with Crippen LogP contribution in [-0.4, -0.2) is 32.2 Å². The number of Topliss-reactive ketones (excluding diaryl/α,β-unsaturated/α-hetero) is 1. The predicted octanol–water partition coefficient (Wildman–Crippen LogP) is 2.04. The summed E-state index contributed by atoms with van der Waals surface area (Å²) in [5, 5.41) is 0. The van der Waals surface area contributed by atoms with Gasteiger partial charge in [0, 0.05) is 19.1 Å². The van der Waals surface area contributed by atoms with Gasteiger partial charge in [-0.1, -0.05) is 13.8 Å². The van der Waals surface area contributed by atoms with Crippen LogP contribution in [0.15, 0.2) is 0 Å². The van der Waals surface area contributed by atoms with Gasteiger partial charge in [-0.15, -0.1) is 0 Å². The van der Waals surface area contributed by atoms with E-state index in [1.807, 2.05) is 13.8 Å². The zero-order valence-electron chi connectivity index (χ0n) is 9.83. The first kappa shape index (κ1) is 12.7. The number of hydrogen-bond acceptors (Lipinski definition) is 3. The van der Waals surface area contributed by atoms with Gasteiger partial charge in [0.25, 0.3) is 0 Å². The third-order valence-corrected chi connectivity index (χ3v) is 3.10. The highest BCUT2D eigenvalue weighted by Gasteiger charge is 2.15. The highest BCUT2D eigenvalue weighted by atomic mass is 16.5. The van der Waals surface area contributed by atoms with Crippen LogP contribution >= 0.6 is 0 Å². The summed E-state index contributed by atoms with van der Waals surface area (Å²) in [7, 11) is 0. The van der Waals surface area contributed by atoms with E-state index in [-0.39, 0.29) is 18.3 Å². The van der Waals surface area contributed by atoms with Crippen molar-refractivity contribution in [3.05, 3.63) is 0 Å². The maximum absolute atomic E-state index is 11.5. The molecule has 0 aromatic rings. The first-order chi connectivity index (χ1) is 7.24. The Balaban J connectivity index is 2.07. The minimum absolute atomic E-state index is 0.139. The van der Waals surface area contributed by atoms with E-state index in [1.165, 1.54) is 0 Å². The Bertz CT molecular complexity index is 185. The topological polar surface area (TPSA) is 35.5 Å². The molecule has 0 amide bonds. The van der Waals surface area contributed by atoms with Gasteiger partial charge < -0.3 is 9.47 Å². The van der Waals surface area contributed by atoms with Crippen molar-refractivity contribution >= 4 is 5.78 Å². The number of ketones is 1. The van der Waals surface area contributed by atoms with Gasteiger partial charge in [-0.3, -0.25) is 4.79 Å². The molecule has 0 bridgehead atoms. The molecule has 1 unspecified atom stereocenters. The first-order valence-corrected chi connectivity index (χ1v) is 5.92. The van der Waals surface area contributed by atoms with Crippen molar-refractivity contribution in [3.63, 3.8) is 0 Å². The van der Waals surface area contributed by atoms with Crippen LogP contribution in [0.25, 0.3) is 0 Å². The molecule has 0 N–H and O–H groups in total. The van der Waals surface area contributed by atoms with Crippen LogP contribution in [-0.2, 0) is 14.3 Å². The molecule has 88 valence electrons. The highest BCUT2D eigenvalue weighted by Crippen LogP contribution is 2.14. The Kier molecular flexibility index (Phi) is 5.88. The third-order valence-electron chi connectivity index (χ3n) is 3.10. The summed E-state index contributed by atoms with van der Waals surface area (Å²) in [6, 6.07) is 0. The lowest BCUT2D eigenvalue weighted by Crippen LogP contribution is -2.23. The van der Waals surface area contributed by atoms with Crippen molar-refractivity contribution in [1.29, 1.82) is 0 Å². The maximum Gasteiger partial charge on any atom is 0.161 e. The molecule has 1 aliphatic rings. The van der Waals surface area contributed by atoms with Gasteiger partial charge in [0.05, 0.1) is 6.61 Å². The molecule has 0 saturated carbocycles. The van der Waals surface area contributed by atoms with Crippen molar-refractivity contribution in [2.24, 2.45) is 11.8 Å². The van der Waals surface area contributed by atoms with Gasteiger partial charge in [0.15, 0.2) is 5.78 Å². The van der Waals surface area contributed by atoms with Gasteiger partial charge in [-0.25, -0.2) is 0 Å². The molecule has 1 atom stereocenters. The smallest absolute Gasteiger partial charge is 0.161 e. The lowest BCUT2D eigenvalue weighted by atomic mass is 10.0. The Morgan fingerprint density at radius 2 is 2.13 bits per heavy atom.